The first kappa shape index (κ1) is 17.5. The summed E-state index contributed by atoms with van der Waals surface area (Å²) < 4.78 is 5.33. The number of amides is 1. The van der Waals surface area contributed by atoms with Crippen molar-refractivity contribution in [2.75, 3.05) is 6.54 Å². The van der Waals surface area contributed by atoms with Crippen LogP contribution in [0.25, 0.3) is 0 Å². The van der Waals surface area contributed by atoms with E-state index in [2.05, 4.69) is 10.6 Å². The molecule has 0 bridgehead atoms. The van der Waals surface area contributed by atoms with Gasteiger partial charge >= 0.3 is 6.09 Å². The van der Waals surface area contributed by atoms with Crippen LogP contribution in [-0.2, 0) is 4.74 Å². The molecule has 0 aliphatic heterocycles. The minimum atomic E-state index is -0.437. The van der Waals surface area contributed by atoms with Crippen molar-refractivity contribution in [3.63, 3.8) is 0 Å². The number of alkyl carbamates (subject to hydrolysis) is 1. The summed E-state index contributed by atoms with van der Waals surface area (Å²) in [5.74, 6) is 0. The van der Waals surface area contributed by atoms with Crippen molar-refractivity contribution in [3.8, 4) is 0 Å². The Labute approximate surface area is 134 Å². The monoisotopic (exact) mass is 312 g/mol. The Balaban J connectivity index is 1.68. The standard InChI is InChI=1S/C17H32N2O3/c1-5-13(20)11-18-12-6-8-17(9-7-12)10-14(17)19-15(21)22-16(2,3)4/h12-14,18,20H,5-11H2,1-4H3,(H,19,21). The molecule has 0 saturated heterocycles. The molecular formula is C17H32N2O3. The summed E-state index contributed by atoms with van der Waals surface area (Å²) in [6.07, 6.45) is 5.90. The summed E-state index contributed by atoms with van der Waals surface area (Å²) in [5, 5.41) is 16.1. The third-order valence-corrected chi connectivity index (χ3v) is 4.98. The van der Waals surface area contributed by atoms with E-state index in [1.165, 1.54) is 0 Å². The van der Waals surface area contributed by atoms with Crippen LogP contribution in [0.1, 0.15) is 66.2 Å². The average molecular weight is 312 g/mol. The van der Waals surface area contributed by atoms with E-state index in [9.17, 15) is 9.90 Å². The summed E-state index contributed by atoms with van der Waals surface area (Å²) in [6, 6.07) is 0.791. The van der Waals surface area contributed by atoms with Gasteiger partial charge in [0, 0.05) is 18.6 Å². The normalized spacial score (nSPS) is 32.6. The maximum Gasteiger partial charge on any atom is 0.407 e. The molecule has 128 valence electrons. The van der Waals surface area contributed by atoms with E-state index in [0.29, 0.717) is 18.0 Å². The molecule has 2 saturated carbocycles. The summed E-state index contributed by atoms with van der Waals surface area (Å²) in [4.78, 5) is 11.8. The Hall–Kier alpha value is -0.810. The van der Waals surface area contributed by atoms with E-state index < -0.39 is 5.60 Å². The zero-order valence-electron chi connectivity index (χ0n) is 14.4. The topological polar surface area (TPSA) is 70.6 Å². The maximum atomic E-state index is 11.8. The molecule has 2 fully saturated rings. The molecule has 5 heteroatoms. The van der Waals surface area contributed by atoms with Gasteiger partial charge in [-0.1, -0.05) is 6.92 Å². The van der Waals surface area contributed by atoms with E-state index in [0.717, 1.165) is 38.5 Å². The van der Waals surface area contributed by atoms with E-state index in [4.69, 9.17) is 4.74 Å². The average Bonchev–Trinajstić information content (AvgIpc) is 3.07. The number of hydrogen-bond donors (Lipinski definition) is 3. The molecule has 0 radical (unpaired) electrons. The van der Waals surface area contributed by atoms with Crippen LogP contribution in [-0.4, -0.2) is 41.5 Å². The predicted octanol–water partition coefficient (Wildman–Crippen LogP) is 2.57. The number of hydrogen-bond acceptors (Lipinski definition) is 4. The number of carbonyl (C=O) groups is 1. The molecule has 1 amide bonds. The molecule has 0 aromatic rings. The fourth-order valence-electron chi connectivity index (χ4n) is 3.40. The predicted molar refractivity (Wildman–Crippen MR) is 86.8 cm³/mol. The number of nitrogens with one attached hydrogen (secondary N) is 2. The van der Waals surface area contributed by atoms with Crippen molar-refractivity contribution in [1.29, 1.82) is 0 Å². The fourth-order valence-corrected chi connectivity index (χ4v) is 3.40. The van der Waals surface area contributed by atoms with Crippen LogP contribution in [0.3, 0.4) is 0 Å². The number of carbonyl (C=O) groups excluding carboxylic acids is 1. The smallest absolute Gasteiger partial charge is 0.407 e. The lowest BCUT2D eigenvalue weighted by Gasteiger charge is -2.31. The molecule has 2 aliphatic rings. The van der Waals surface area contributed by atoms with E-state index >= 15 is 0 Å². The second-order valence-corrected chi connectivity index (χ2v) is 8.01. The summed E-state index contributed by atoms with van der Waals surface area (Å²) in [6.45, 7) is 8.34. The van der Waals surface area contributed by atoms with E-state index in [-0.39, 0.29) is 18.2 Å². The van der Waals surface area contributed by atoms with Gasteiger partial charge in [-0.25, -0.2) is 4.79 Å². The molecule has 2 aliphatic carbocycles. The Morgan fingerprint density at radius 1 is 1.36 bits per heavy atom. The molecule has 0 aromatic carbocycles. The summed E-state index contributed by atoms with van der Waals surface area (Å²) in [7, 11) is 0. The lowest BCUT2D eigenvalue weighted by Crippen LogP contribution is -2.40. The number of aliphatic hydroxyl groups is 1. The first-order valence-electron chi connectivity index (χ1n) is 8.65. The highest BCUT2D eigenvalue weighted by molar-refractivity contribution is 5.68. The van der Waals surface area contributed by atoms with E-state index in [1.807, 2.05) is 27.7 Å². The van der Waals surface area contributed by atoms with Crippen molar-refractivity contribution in [2.45, 2.75) is 90.0 Å². The summed E-state index contributed by atoms with van der Waals surface area (Å²) >= 11 is 0. The van der Waals surface area contributed by atoms with Gasteiger partial charge in [-0.3, -0.25) is 0 Å². The van der Waals surface area contributed by atoms with E-state index in [1.54, 1.807) is 0 Å². The third kappa shape index (κ3) is 4.85. The van der Waals surface area contributed by atoms with Crippen molar-refractivity contribution >= 4 is 6.09 Å². The molecule has 2 atom stereocenters. The quantitative estimate of drug-likeness (QED) is 0.730. The van der Waals surface area contributed by atoms with Crippen LogP contribution < -0.4 is 10.6 Å². The van der Waals surface area contributed by atoms with Gasteiger partial charge in [0.15, 0.2) is 0 Å². The highest BCUT2D eigenvalue weighted by Crippen LogP contribution is 2.56. The molecule has 2 unspecified atom stereocenters. The van der Waals surface area contributed by atoms with Crippen molar-refractivity contribution in [2.24, 2.45) is 5.41 Å². The molecule has 0 heterocycles. The fraction of sp³-hybridized carbons (Fsp3) is 0.941. The van der Waals surface area contributed by atoms with Gasteiger partial charge in [0.25, 0.3) is 0 Å². The Bertz CT molecular complexity index is 384. The molecule has 22 heavy (non-hydrogen) atoms. The lowest BCUT2D eigenvalue weighted by molar-refractivity contribution is 0.0511. The van der Waals surface area contributed by atoms with Crippen molar-refractivity contribution < 1.29 is 14.6 Å². The third-order valence-electron chi connectivity index (χ3n) is 4.98. The molecule has 0 aromatic heterocycles. The minimum absolute atomic E-state index is 0.238. The molecule has 5 nitrogen and oxygen atoms in total. The van der Waals surface area contributed by atoms with Crippen molar-refractivity contribution in [1.82, 2.24) is 10.6 Å². The number of ether oxygens (including phenoxy) is 1. The van der Waals surface area contributed by atoms with Crippen LogP contribution in [0.4, 0.5) is 4.79 Å². The van der Waals surface area contributed by atoms with Gasteiger partial charge in [-0.2, -0.15) is 0 Å². The van der Waals surface area contributed by atoms with Crippen LogP contribution in [0, 0.1) is 5.41 Å². The second-order valence-electron chi connectivity index (χ2n) is 8.01. The minimum Gasteiger partial charge on any atom is -0.444 e. The highest BCUT2D eigenvalue weighted by Gasteiger charge is 2.55. The number of rotatable bonds is 5. The van der Waals surface area contributed by atoms with Gasteiger partial charge in [0.2, 0.25) is 0 Å². The van der Waals surface area contributed by atoms with Crippen molar-refractivity contribution in [3.05, 3.63) is 0 Å². The van der Waals surface area contributed by atoms with Crippen LogP contribution in [0.5, 0.6) is 0 Å². The number of aliphatic hydroxyl groups excluding tert-OH is 1. The van der Waals surface area contributed by atoms with Gasteiger partial charge in [-0.15, -0.1) is 0 Å². The van der Waals surface area contributed by atoms with Gasteiger partial charge in [0.1, 0.15) is 5.60 Å². The zero-order chi connectivity index (χ0) is 16.4. The highest BCUT2D eigenvalue weighted by atomic mass is 16.6. The molecule has 2 rings (SSSR count). The largest absolute Gasteiger partial charge is 0.444 e. The van der Waals surface area contributed by atoms with Crippen LogP contribution in [0.15, 0.2) is 0 Å². The van der Waals surface area contributed by atoms with Gasteiger partial charge < -0.3 is 20.5 Å². The van der Waals surface area contributed by atoms with Gasteiger partial charge in [-0.05, 0) is 64.7 Å². The van der Waals surface area contributed by atoms with Crippen LogP contribution >= 0.6 is 0 Å². The Morgan fingerprint density at radius 2 is 2.00 bits per heavy atom. The van der Waals surface area contributed by atoms with Gasteiger partial charge in [0.05, 0.1) is 6.10 Å². The first-order valence-corrected chi connectivity index (χ1v) is 8.65. The molecule has 1 spiro atoms. The molecular weight excluding hydrogens is 280 g/mol. The Kier molecular flexibility index (Phi) is 5.38. The maximum absolute atomic E-state index is 11.8. The first-order chi connectivity index (χ1) is 10.2. The molecule has 3 N–H and O–H groups in total. The lowest BCUT2D eigenvalue weighted by atomic mass is 9.82. The zero-order valence-corrected chi connectivity index (χ0v) is 14.4. The van der Waals surface area contributed by atoms with Crippen LogP contribution in [0.2, 0.25) is 0 Å². The summed E-state index contributed by atoms with van der Waals surface area (Å²) in [5.41, 5.74) is -0.133. The second kappa shape index (κ2) is 6.75. The SMILES string of the molecule is CCC(O)CNC1CCC2(CC1)CC2NC(=O)OC(C)(C)C. The Morgan fingerprint density at radius 3 is 2.55 bits per heavy atom.